The van der Waals surface area contributed by atoms with Crippen LogP contribution in [0.5, 0.6) is 11.5 Å². The third-order valence-corrected chi connectivity index (χ3v) is 4.78. The minimum atomic E-state index is 0.0792. The van der Waals surface area contributed by atoms with Gasteiger partial charge in [0.25, 0.3) is 0 Å². The van der Waals surface area contributed by atoms with E-state index in [1.54, 1.807) is 0 Å². The van der Waals surface area contributed by atoms with Crippen molar-refractivity contribution in [1.29, 1.82) is 0 Å². The molecule has 2 aromatic rings. The number of hydrogen-bond donors (Lipinski definition) is 1. The third-order valence-electron chi connectivity index (χ3n) is 4.02. The number of ether oxygens (including phenoxy) is 2. The maximum Gasteiger partial charge on any atom is 0.229 e. The molecule has 1 aliphatic carbocycles. The Kier molecular flexibility index (Phi) is 3.26. The molecular formula is C16H16N2O3S. The molecule has 2 atom stereocenters. The zero-order chi connectivity index (χ0) is 15.1. The zero-order valence-electron chi connectivity index (χ0n) is 12.2. The highest BCUT2D eigenvalue weighted by molar-refractivity contribution is 7.14. The fourth-order valence-electron chi connectivity index (χ4n) is 2.55. The van der Waals surface area contributed by atoms with Gasteiger partial charge in [0, 0.05) is 16.9 Å². The zero-order valence-corrected chi connectivity index (χ0v) is 13.0. The van der Waals surface area contributed by atoms with Crippen molar-refractivity contribution in [2.45, 2.75) is 13.3 Å². The van der Waals surface area contributed by atoms with Crippen LogP contribution in [0.4, 0.5) is 5.13 Å². The first-order valence-electron chi connectivity index (χ1n) is 7.37. The van der Waals surface area contributed by atoms with E-state index in [2.05, 4.69) is 17.2 Å². The van der Waals surface area contributed by atoms with E-state index in [0.717, 1.165) is 29.2 Å². The van der Waals surface area contributed by atoms with Crippen molar-refractivity contribution >= 4 is 22.4 Å². The lowest BCUT2D eigenvalue weighted by Crippen LogP contribution is -2.15. The van der Waals surface area contributed by atoms with Gasteiger partial charge in [0.05, 0.1) is 5.69 Å². The average molecular weight is 316 g/mol. The number of rotatable bonds is 3. The van der Waals surface area contributed by atoms with Crippen molar-refractivity contribution in [3.8, 4) is 22.8 Å². The van der Waals surface area contributed by atoms with Crippen LogP contribution in [0.2, 0.25) is 0 Å². The Hall–Kier alpha value is -2.08. The van der Waals surface area contributed by atoms with Gasteiger partial charge < -0.3 is 14.8 Å². The number of benzene rings is 1. The van der Waals surface area contributed by atoms with Gasteiger partial charge in [0.15, 0.2) is 16.6 Å². The number of anilines is 1. The van der Waals surface area contributed by atoms with Crippen LogP contribution in [0.25, 0.3) is 11.3 Å². The van der Waals surface area contributed by atoms with E-state index in [-0.39, 0.29) is 11.8 Å². The molecule has 1 saturated carbocycles. The summed E-state index contributed by atoms with van der Waals surface area (Å²) in [5.41, 5.74) is 1.79. The second-order valence-electron chi connectivity index (χ2n) is 5.71. The second-order valence-corrected chi connectivity index (χ2v) is 6.56. The number of carbonyl (C=O) groups excluding carboxylic acids is 1. The smallest absolute Gasteiger partial charge is 0.229 e. The molecule has 1 aromatic heterocycles. The number of nitrogens with zero attached hydrogens (tertiary/aromatic N) is 1. The van der Waals surface area contributed by atoms with Crippen LogP contribution < -0.4 is 14.8 Å². The molecular weight excluding hydrogens is 300 g/mol. The maximum atomic E-state index is 11.9. The SMILES string of the molecule is C[C@@H]1C[C@@H]1C(=O)Nc1nc(-c2ccc3c(c2)OCCO3)cs1. The fraction of sp³-hybridized carbons (Fsp3) is 0.375. The average Bonchev–Trinajstić information content (AvgIpc) is 3.09. The van der Waals surface area contributed by atoms with E-state index in [9.17, 15) is 4.79 Å². The summed E-state index contributed by atoms with van der Waals surface area (Å²) < 4.78 is 11.1. The fourth-order valence-corrected chi connectivity index (χ4v) is 3.27. The Balaban J connectivity index is 1.52. The Bertz CT molecular complexity index is 728. The minimum absolute atomic E-state index is 0.0792. The van der Waals surface area contributed by atoms with Crippen LogP contribution in [0.15, 0.2) is 23.6 Å². The lowest BCUT2D eigenvalue weighted by atomic mass is 10.1. The Morgan fingerprint density at radius 1 is 1.32 bits per heavy atom. The summed E-state index contributed by atoms with van der Waals surface area (Å²) in [6.45, 7) is 3.24. The highest BCUT2D eigenvalue weighted by Gasteiger charge is 2.39. The minimum Gasteiger partial charge on any atom is -0.486 e. The van der Waals surface area contributed by atoms with Gasteiger partial charge in [-0.15, -0.1) is 11.3 Å². The molecule has 2 aliphatic rings. The Morgan fingerprint density at radius 2 is 2.09 bits per heavy atom. The van der Waals surface area contributed by atoms with Crippen molar-refractivity contribution in [2.24, 2.45) is 11.8 Å². The molecule has 0 spiro atoms. The Morgan fingerprint density at radius 3 is 2.86 bits per heavy atom. The van der Waals surface area contributed by atoms with Gasteiger partial charge >= 0.3 is 0 Å². The third kappa shape index (κ3) is 2.54. The number of amides is 1. The van der Waals surface area contributed by atoms with E-state index in [1.807, 2.05) is 23.6 Å². The van der Waals surface area contributed by atoms with E-state index in [0.29, 0.717) is 24.3 Å². The van der Waals surface area contributed by atoms with Crippen molar-refractivity contribution < 1.29 is 14.3 Å². The number of fused-ring (bicyclic) bond motifs is 1. The largest absolute Gasteiger partial charge is 0.486 e. The van der Waals surface area contributed by atoms with Gasteiger partial charge in [-0.2, -0.15) is 0 Å². The molecule has 114 valence electrons. The van der Waals surface area contributed by atoms with Crippen molar-refractivity contribution in [2.75, 3.05) is 18.5 Å². The molecule has 0 saturated heterocycles. The lowest BCUT2D eigenvalue weighted by Gasteiger charge is -2.18. The molecule has 4 rings (SSSR count). The molecule has 0 bridgehead atoms. The number of aromatic nitrogens is 1. The molecule has 1 amide bonds. The molecule has 5 nitrogen and oxygen atoms in total. The molecule has 1 fully saturated rings. The Labute approximate surface area is 132 Å². The van der Waals surface area contributed by atoms with E-state index >= 15 is 0 Å². The van der Waals surface area contributed by atoms with Crippen LogP contribution in [-0.4, -0.2) is 24.1 Å². The topological polar surface area (TPSA) is 60.5 Å². The summed E-state index contributed by atoms with van der Waals surface area (Å²) >= 11 is 1.44. The normalized spacial score (nSPS) is 22.2. The van der Waals surface area contributed by atoms with E-state index in [1.165, 1.54) is 11.3 Å². The molecule has 6 heteroatoms. The predicted molar refractivity (Wildman–Crippen MR) is 84.4 cm³/mol. The van der Waals surface area contributed by atoms with Gasteiger partial charge in [-0.25, -0.2) is 4.98 Å². The molecule has 0 unspecified atom stereocenters. The summed E-state index contributed by atoms with van der Waals surface area (Å²) in [4.78, 5) is 16.4. The summed E-state index contributed by atoms with van der Waals surface area (Å²) in [6, 6.07) is 5.78. The van der Waals surface area contributed by atoms with Gasteiger partial charge in [-0.3, -0.25) is 4.79 Å². The molecule has 1 N–H and O–H groups in total. The first-order chi connectivity index (χ1) is 10.7. The van der Waals surface area contributed by atoms with E-state index in [4.69, 9.17) is 9.47 Å². The number of thiazole rings is 1. The predicted octanol–water partition coefficient (Wildman–Crippen LogP) is 3.18. The van der Waals surface area contributed by atoms with Crippen LogP contribution in [0, 0.1) is 11.8 Å². The highest BCUT2D eigenvalue weighted by atomic mass is 32.1. The molecule has 1 aliphatic heterocycles. The summed E-state index contributed by atoms with van der Waals surface area (Å²) in [6.07, 6.45) is 0.978. The van der Waals surface area contributed by atoms with Crippen molar-refractivity contribution in [1.82, 2.24) is 4.98 Å². The van der Waals surface area contributed by atoms with Gasteiger partial charge in [-0.05, 0) is 30.5 Å². The van der Waals surface area contributed by atoms with Gasteiger partial charge in [-0.1, -0.05) is 6.92 Å². The first-order valence-corrected chi connectivity index (χ1v) is 8.25. The number of carbonyl (C=O) groups is 1. The van der Waals surface area contributed by atoms with Crippen molar-refractivity contribution in [3.05, 3.63) is 23.6 Å². The summed E-state index contributed by atoms with van der Waals surface area (Å²) in [5.74, 6) is 2.24. The van der Waals surface area contributed by atoms with Gasteiger partial charge in [0.1, 0.15) is 13.2 Å². The van der Waals surface area contributed by atoms with Crippen molar-refractivity contribution in [3.63, 3.8) is 0 Å². The second kappa shape index (κ2) is 5.28. The number of nitrogens with one attached hydrogen (secondary N) is 1. The standard InChI is InChI=1S/C16H16N2O3S/c1-9-6-11(9)15(19)18-16-17-12(8-22-16)10-2-3-13-14(7-10)21-5-4-20-13/h2-3,7-9,11H,4-6H2,1H3,(H,17,18,19)/t9-,11+/m1/s1. The van der Waals surface area contributed by atoms with Gasteiger partial charge in [0.2, 0.25) is 5.91 Å². The molecule has 0 radical (unpaired) electrons. The molecule has 2 heterocycles. The van der Waals surface area contributed by atoms with Crippen LogP contribution in [0.1, 0.15) is 13.3 Å². The molecule has 22 heavy (non-hydrogen) atoms. The maximum absolute atomic E-state index is 11.9. The van der Waals surface area contributed by atoms with Crippen LogP contribution in [-0.2, 0) is 4.79 Å². The quantitative estimate of drug-likeness (QED) is 0.945. The summed E-state index contributed by atoms with van der Waals surface area (Å²) in [5, 5.41) is 5.49. The number of hydrogen-bond acceptors (Lipinski definition) is 5. The monoisotopic (exact) mass is 316 g/mol. The molecule has 1 aromatic carbocycles. The lowest BCUT2D eigenvalue weighted by molar-refractivity contribution is -0.117. The van der Waals surface area contributed by atoms with Crippen LogP contribution in [0.3, 0.4) is 0 Å². The first kappa shape index (κ1) is 13.6. The van der Waals surface area contributed by atoms with E-state index < -0.39 is 0 Å². The summed E-state index contributed by atoms with van der Waals surface area (Å²) in [7, 11) is 0. The highest BCUT2D eigenvalue weighted by Crippen LogP contribution is 2.39. The van der Waals surface area contributed by atoms with Crippen LogP contribution >= 0.6 is 11.3 Å².